The van der Waals surface area contributed by atoms with Gasteiger partial charge in [-0.3, -0.25) is 0 Å². The van der Waals surface area contributed by atoms with Gasteiger partial charge in [-0.05, 0) is 41.5 Å². The number of thiophene rings is 1. The Kier molecular flexibility index (Phi) is 9.54. The lowest BCUT2D eigenvalue weighted by Gasteiger charge is -2.17. The number of aromatic nitrogens is 7. The molecule has 0 N–H and O–H groups in total. The van der Waals surface area contributed by atoms with Crippen LogP contribution < -0.4 is 0 Å². The number of rotatable bonds is 8. The maximum Gasteiger partial charge on any atom is 0.166 e. The molecule has 0 aliphatic heterocycles. The van der Waals surface area contributed by atoms with Gasteiger partial charge in [-0.15, -0.1) is 11.3 Å². The first kappa shape index (κ1) is 39.4. The van der Waals surface area contributed by atoms with Gasteiger partial charge in [0.15, 0.2) is 34.9 Å². The molecule has 0 spiro atoms. The van der Waals surface area contributed by atoms with Crippen molar-refractivity contribution in [3.63, 3.8) is 0 Å². The largest absolute Gasteiger partial charge is 0.308 e. The number of nitrogens with zero attached hydrogens (tertiary/aromatic N) is 7. The van der Waals surface area contributed by atoms with Gasteiger partial charge in [-0.25, -0.2) is 29.9 Å². The third-order valence-corrected chi connectivity index (χ3v) is 13.7. The third-order valence-electron chi connectivity index (χ3n) is 12.5. The van der Waals surface area contributed by atoms with Crippen LogP contribution in [0.2, 0.25) is 0 Å². The summed E-state index contributed by atoms with van der Waals surface area (Å²) in [6.45, 7) is 0. The molecule has 0 saturated heterocycles. The molecule has 0 saturated carbocycles. The zero-order valence-corrected chi connectivity index (χ0v) is 37.2. The second-order valence-corrected chi connectivity index (χ2v) is 17.7. The number of para-hydroxylation sites is 1. The van der Waals surface area contributed by atoms with E-state index >= 15 is 0 Å². The lowest BCUT2D eigenvalue weighted by Crippen LogP contribution is -2.04. The molecule has 7 nitrogen and oxygen atoms in total. The summed E-state index contributed by atoms with van der Waals surface area (Å²) in [6, 6.07) is 77.6. The van der Waals surface area contributed by atoms with Crippen molar-refractivity contribution in [1.29, 1.82) is 0 Å². The summed E-state index contributed by atoms with van der Waals surface area (Å²) in [6.07, 6.45) is 0. The number of fused-ring (bicyclic) bond motifs is 6. The van der Waals surface area contributed by atoms with E-state index in [0.717, 1.165) is 72.0 Å². The van der Waals surface area contributed by atoms with E-state index in [4.69, 9.17) is 29.9 Å². The Bertz CT molecular complexity index is 3900. The predicted octanol–water partition coefficient (Wildman–Crippen LogP) is 15.2. The molecule has 0 aliphatic carbocycles. The lowest BCUT2D eigenvalue weighted by atomic mass is 9.99. The van der Waals surface area contributed by atoms with E-state index in [-0.39, 0.29) is 0 Å². The van der Waals surface area contributed by atoms with Crippen molar-refractivity contribution in [2.45, 2.75) is 0 Å². The highest BCUT2D eigenvalue weighted by atomic mass is 32.1. The van der Waals surface area contributed by atoms with Crippen molar-refractivity contribution in [3.05, 3.63) is 224 Å². The minimum Gasteiger partial charge on any atom is -0.308 e. The van der Waals surface area contributed by atoms with Crippen LogP contribution in [0.15, 0.2) is 224 Å². The van der Waals surface area contributed by atoms with Crippen molar-refractivity contribution >= 4 is 53.3 Å². The second-order valence-electron chi connectivity index (χ2n) is 16.7. The standard InChI is InChI=1S/C60H37N7S/c1-5-18-38(19-6-1)55-61-56(39-20-7-2-8-21-39)64-59(63-55)43-32-34-46-45-26-13-15-30-50(45)67(52(46)37-43)51-35-33-42(44-28-17-29-48-47-27-14-16-31-53(47)68-54(44)48)36-49(51)60-65-57(40-22-9-3-10-23-40)62-58(66-60)41-24-11-4-12-25-41/h1-37H. The smallest absolute Gasteiger partial charge is 0.166 e. The van der Waals surface area contributed by atoms with Crippen molar-refractivity contribution in [3.8, 4) is 85.1 Å². The molecule has 0 fully saturated rings. The van der Waals surface area contributed by atoms with Gasteiger partial charge in [0.25, 0.3) is 0 Å². The maximum atomic E-state index is 5.34. The van der Waals surface area contributed by atoms with Crippen LogP contribution in [-0.2, 0) is 0 Å². The highest BCUT2D eigenvalue weighted by Gasteiger charge is 2.22. The summed E-state index contributed by atoms with van der Waals surface area (Å²) >= 11 is 1.83. The molecule has 9 aromatic carbocycles. The zero-order valence-electron chi connectivity index (χ0n) is 36.4. The van der Waals surface area contributed by atoms with Gasteiger partial charge >= 0.3 is 0 Å². The van der Waals surface area contributed by atoms with Gasteiger partial charge in [0.2, 0.25) is 0 Å². The number of benzene rings is 9. The van der Waals surface area contributed by atoms with E-state index in [1.807, 2.05) is 108 Å². The molecule has 4 aromatic heterocycles. The number of hydrogen-bond donors (Lipinski definition) is 0. The average molecular weight is 888 g/mol. The number of hydrogen-bond acceptors (Lipinski definition) is 7. The first-order valence-corrected chi connectivity index (χ1v) is 23.3. The Labute approximate surface area is 395 Å². The fraction of sp³-hybridized carbons (Fsp3) is 0. The minimum absolute atomic E-state index is 0.567. The fourth-order valence-corrected chi connectivity index (χ4v) is 10.5. The fourth-order valence-electron chi connectivity index (χ4n) is 9.29. The highest BCUT2D eigenvalue weighted by Crippen LogP contribution is 2.43. The summed E-state index contributed by atoms with van der Waals surface area (Å²) in [5.41, 5.74) is 10.6. The Morgan fingerprint density at radius 1 is 0.279 bits per heavy atom. The normalized spacial score (nSPS) is 11.5. The lowest BCUT2D eigenvalue weighted by molar-refractivity contribution is 1.06. The summed E-state index contributed by atoms with van der Waals surface area (Å²) in [4.78, 5) is 31.0. The first-order valence-electron chi connectivity index (χ1n) is 22.5. The van der Waals surface area contributed by atoms with Crippen LogP contribution in [0.3, 0.4) is 0 Å². The van der Waals surface area contributed by atoms with Crippen LogP contribution in [0.5, 0.6) is 0 Å². The molecule has 0 bridgehead atoms. The van der Waals surface area contributed by atoms with E-state index in [2.05, 4.69) is 132 Å². The van der Waals surface area contributed by atoms with Crippen molar-refractivity contribution in [1.82, 2.24) is 34.5 Å². The van der Waals surface area contributed by atoms with Gasteiger partial charge < -0.3 is 4.57 Å². The molecular weight excluding hydrogens is 851 g/mol. The van der Waals surface area contributed by atoms with E-state index in [1.54, 1.807) is 0 Å². The Morgan fingerprint density at radius 2 is 0.735 bits per heavy atom. The molecule has 318 valence electrons. The molecule has 0 radical (unpaired) electrons. The second kappa shape index (κ2) is 16.5. The first-order chi connectivity index (χ1) is 33.7. The van der Waals surface area contributed by atoms with Crippen LogP contribution in [0.4, 0.5) is 0 Å². The van der Waals surface area contributed by atoms with Gasteiger partial charge in [0.1, 0.15) is 0 Å². The summed E-state index contributed by atoms with van der Waals surface area (Å²) < 4.78 is 4.84. The predicted molar refractivity (Wildman–Crippen MR) is 278 cm³/mol. The van der Waals surface area contributed by atoms with Crippen LogP contribution in [0, 0.1) is 0 Å². The van der Waals surface area contributed by atoms with Gasteiger partial charge in [0.05, 0.1) is 16.7 Å². The molecule has 8 heteroatoms. The molecule has 0 unspecified atom stereocenters. The Balaban J connectivity index is 1.08. The molecule has 0 atom stereocenters. The molecule has 0 amide bonds. The van der Waals surface area contributed by atoms with Crippen molar-refractivity contribution < 1.29 is 0 Å². The monoisotopic (exact) mass is 887 g/mol. The summed E-state index contributed by atoms with van der Waals surface area (Å²) in [5.74, 6) is 3.57. The topological polar surface area (TPSA) is 82.3 Å². The SMILES string of the molecule is c1ccc(-c2nc(-c3ccccc3)nc(-c3ccc4c5ccccc5n(-c5ccc(-c6cccc7c6sc6ccccc67)cc5-c5nc(-c6ccccc6)nc(-c6ccccc6)n5)c4c3)n2)cc1. The van der Waals surface area contributed by atoms with Gasteiger partial charge in [-0.2, -0.15) is 0 Å². The van der Waals surface area contributed by atoms with Crippen molar-refractivity contribution in [2.24, 2.45) is 0 Å². The van der Waals surface area contributed by atoms with Crippen LogP contribution in [-0.4, -0.2) is 34.5 Å². The van der Waals surface area contributed by atoms with Crippen molar-refractivity contribution in [2.75, 3.05) is 0 Å². The molecular formula is C60H37N7S. The summed E-state index contributed by atoms with van der Waals surface area (Å²) in [7, 11) is 0. The van der Waals surface area contributed by atoms with Gasteiger partial charge in [0, 0.05) is 64.3 Å². The van der Waals surface area contributed by atoms with E-state index in [1.165, 1.54) is 20.2 Å². The van der Waals surface area contributed by atoms with Crippen LogP contribution in [0.1, 0.15) is 0 Å². The third kappa shape index (κ3) is 6.90. The van der Waals surface area contributed by atoms with E-state index in [9.17, 15) is 0 Å². The quantitative estimate of drug-likeness (QED) is 0.151. The van der Waals surface area contributed by atoms with Crippen LogP contribution >= 0.6 is 11.3 Å². The molecule has 68 heavy (non-hydrogen) atoms. The zero-order chi connectivity index (χ0) is 45.0. The van der Waals surface area contributed by atoms with E-state index < -0.39 is 0 Å². The molecule has 4 heterocycles. The molecule has 13 aromatic rings. The van der Waals surface area contributed by atoms with Crippen LogP contribution in [0.25, 0.3) is 127 Å². The van der Waals surface area contributed by atoms with E-state index in [0.29, 0.717) is 34.9 Å². The Morgan fingerprint density at radius 3 is 1.32 bits per heavy atom. The van der Waals surface area contributed by atoms with Gasteiger partial charge in [-0.1, -0.05) is 194 Å². The highest BCUT2D eigenvalue weighted by molar-refractivity contribution is 7.26. The Hall–Kier alpha value is -8.98. The minimum atomic E-state index is 0.567. The summed E-state index contributed by atoms with van der Waals surface area (Å²) in [5, 5.41) is 4.72. The molecule has 0 aliphatic rings. The molecule has 13 rings (SSSR count). The maximum absolute atomic E-state index is 5.34. The average Bonchev–Trinajstić information content (AvgIpc) is 3.97.